The Kier molecular flexibility index (Phi) is 4.68. The summed E-state index contributed by atoms with van der Waals surface area (Å²) in [7, 11) is 0. The van der Waals surface area contributed by atoms with Crippen molar-refractivity contribution in [3.63, 3.8) is 0 Å². The van der Waals surface area contributed by atoms with Crippen LogP contribution in [0.5, 0.6) is 0 Å². The lowest BCUT2D eigenvalue weighted by Crippen LogP contribution is -2.14. The molecule has 1 nitrogen and oxygen atoms in total. The van der Waals surface area contributed by atoms with E-state index in [-0.39, 0.29) is 0 Å². The third-order valence-electron chi connectivity index (χ3n) is 3.23. The Morgan fingerprint density at radius 3 is 2.88 bits per heavy atom. The number of hydrogen-bond acceptors (Lipinski definition) is 1. The SMILES string of the molecule is ClCCCCNCc1ccc2c(c1)CCC2. The number of rotatable bonds is 6. The Labute approximate surface area is 103 Å². The highest BCUT2D eigenvalue weighted by molar-refractivity contribution is 6.17. The summed E-state index contributed by atoms with van der Waals surface area (Å²) in [5.74, 6) is 0.778. The molecule has 0 bridgehead atoms. The smallest absolute Gasteiger partial charge is 0.0223 e. The van der Waals surface area contributed by atoms with Crippen molar-refractivity contribution in [3.8, 4) is 0 Å². The van der Waals surface area contributed by atoms with E-state index in [1.165, 1.54) is 31.2 Å². The Morgan fingerprint density at radius 1 is 1.12 bits per heavy atom. The van der Waals surface area contributed by atoms with Crippen molar-refractivity contribution in [1.29, 1.82) is 0 Å². The second-order valence-electron chi connectivity index (χ2n) is 4.53. The number of fused-ring (bicyclic) bond motifs is 1. The van der Waals surface area contributed by atoms with Crippen LogP contribution in [0.3, 0.4) is 0 Å². The monoisotopic (exact) mass is 237 g/mol. The average molecular weight is 238 g/mol. The van der Waals surface area contributed by atoms with E-state index in [1.807, 2.05) is 0 Å². The molecule has 2 heteroatoms. The first-order chi connectivity index (χ1) is 7.90. The zero-order valence-corrected chi connectivity index (χ0v) is 10.5. The van der Waals surface area contributed by atoms with Gasteiger partial charge in [-0.1, -0.05) is 18.2 Å². The van der Waals surface area contributed by atoms with Crippen LogP contribution in [0, 0.1) is 0 Å². The molecule has 0 atom stereocenters. The summed E-state index contributed by atoms with van der Waals surface area (Å²) in [6.07, 6.45) is 6.17. The van der Waals surface area contributed by atoms with Gasteiger partial charge in [-0.15, -0.1) is 11.6 Å². The highest BCUT2D eigenvalue weighted by Crippen LogP contribution is 2.22. The molecule has 0 fully saturated rings. The van der Waals surface area contributed by atoms with Gasteiger partial charge in [-0.25, -0.2) is 0 Å². The van der Waals surface area contributed by atoms with E-state index < -0.39 is 0 Å². The third-order valence-corrected chi connectivity index (χ3v) is 3.50. The van der Waals surface area contributed by atoms with Gasteiger partial charge < -0.3 is 5.32 Å². The number of benzene rings is 1. The minimum Gasteiger partial charge on any atom is -0.313 e. The van der Waals surface area contributed by atoms with Gasteiger partial charge in [0.05, 0.1) is 0 Å². The van der Waals surface area contributed by atoms with Gasteiger partial charge in [0.1, 0.15) is 0 Å². The molecule has 88 valence electrons. The first-order valence-electron chi connectivity index (χ1n) is 6.27. The van der Waals surface area contributed by atoms with E-state index in [4.69, 9.17) is 11.6 Å². The zero-order valence-electron chi connectivity index (χ0n) is 9.77. The summed E-state index contributed by atoms with van der Waals surface area (Å²) < 4.78 is 0. The molecule has 1 aromatic carbocycles. The van der Waals surface area contributed by atoms with Gasteiger partial charge in [0, 0.05) is 12.4 Å². The molecular formula is C14H20ClN. The fourth-order valence-corrected chi connectivity index (χ4v) is 2.50. The topological polar surface area (TPSA) is 12.0 Å². The third kappa shape index (κ3) is 3.23. The molecule has 1 aliphatic carbocycles. The minimum absolute atomic E-state index is 0.778. The van der Waals surface area contributed by atoms with Crippen molar-refractivity contribution >= 4 is 11.6 Å². The summed E-state index contributed by atoms with van der Waals surface area (Å²) in [5, 5.41) is 3.47. The van der Waals surface area contributed by atoms with Gasteiger partial charge in [-0.2, -0.15) is 0 Å². The summed E-state index contributed by atoms with van der Waals surface area (Å²) in [4.78, 5) is 0. The predicted octanol–water partition coefficient (Wildman–Crippen LogP) is 3.28. The summed E-state index contributed by atoms with van der Waals surface area (Å²) in [5.41, 5.74) is 4.55. The lowest BCUT2D eigenvalue weighted by molar-refractivity contribution is 0.642. The van der Waals surface area contributed by atoms with Crippen molar-refractivity contribution < 1.29 is 0 Å². The molecule has 0 saturated heterocycles. The molecule has 0 amide bonds. The fourth-order valence-electron chi connectivity index (χ4n) is 2.31. The molecule has 0 spiro atoms. The van der Waals surface area contributed by atoms with Crippen LogP contribution < -0.4 is 5.32 Å². The molecule has 0 aromatic heterocycles. The van der Waals surface area contributed by atoms with Gasteiger partial charge in [0.2, 0.25) is 0 Å². The van der Waals surface area contributed by atoms with Crippen LogP contribution in [0.1, 0.15) is 36.0 Å². The summed E-state index contributed by atoms with van der Waals surface area (Å²) in [6, 6.07) is 6.94. The molecule has 1 aromatic rings. The molecule has 1 N–H and O–H groups in total. The number of unbranched alkanes of at least 4 members (excludes halogenated alkanes) is 1. The molecule has 0 heterocycles. The standard InChI is InChI=1S/C14H20ClN/c15-8-1-2-9-16-11-12-6-7-13-4-3-5-14(13)10-12/h6-7,10,16H,1-5,8-9,11H2. The van der Waals surface area contributed by atoms with E-state index in [0.29, 0.717) is 0 Å². The summed E-state index contributed by atoms with van der Waals surface area (Å²) in [6.45, 7) is 2.07. The van der Waals surface area contributed by atoms with Crippen molar-refractivity contribution in [2.24, 2.45) is 0 Å². The van der Waals surface area contributed by atoms with E-state index in [1.54, 1.807) is 11.1 Å². The van der Waals surface area contributed by atoms with Gasteiger partial charge in [0.15, 0.2) is 0 Å². The molecule has 1 aliphatic rings. The lowest BCUT2D eigenvalue weighted by atomic mass is 10.1. The highest BCUT2D eigenvalue weighted by Gasteiger charge is 2.10. The van der Waals surface area contributed by atoms with Gasteiger partial charge in [0.25, 0.3) is 0 Å². The maximum Gasteiger partial charge on any atom is 0.0223 e. The van der Waals surface area contributed by atoms with Crippen LogP contribution in [0.4, 0.5) is 0 Å². The first-order valence-corrected chi connectivity index (χ1v) is 6.81. The van der Waals surface area contributed by atoms with Crippen LogP contribution in [-0.2, 0) is 19.4 Å². The Morgan fingerprint density at radius 2 is 2.00 bits per heavy atom. The maximum absolute atomic E-state index is 5.63. The molecule has 0 radical (unpaired) electrons. The van der Waals surface area contributed by atoms with Gasteiger partial charge in [-0.05, 0) is 55.3 Å². The maximum atomic E-state index is 5.63. The molecule has 0 aliphatic heterocycles. The fraction of sp³-hybridized carbons (Fsp3) is 0.571. The normalized spacial score (nSPS) is 14.1. The Hall–Kier alpha value is -0.530. The van der Waals surface area contributed by atoms with E-state index in [2.05, 4.69) is 23.5 Å². The number of hydrogen-bond donors (Lipinski definition) is 1. The number of alkyl halides is 1. The van der Waals surface area contributed by atoms with Crippen LogP contribution in [-0.4, -0.2) is 12.4 Å². The predicted molar refractivity (Wildman–Crippen MR) is 70.1 cm³/mol. The molecule has 16 heavy (non-hydrogen) atoms. The highest BCUT2D eigenvalue weighted by atomic mass is 35.5. The van der Waals surface area contributed by atoms with Crippen LogP contribution >= 0.6 is 11.6 Å². The second kappa shape index (κ2) is 6.27. The minimum atomic E-state index is 0.778. The average Bonchev–Trinajstić information content (AvgIpc) is 2.76. The van der Waals surface area contributed by atoms with Crippen molar-refractivity contribution in [2.45, 2.75) is 38.6 Å². The Bertz CT molecular complexity index is 336. The van der Waals surface area contributed by atoms with Crippen LogP contribution in [0.15, 0.2) is 18.2 Å². The van der Waals surface area contributed by atoms with Crippen molar-refractivity contribution in [3.05, 3.63) is 34.9 Å². The second-order valence-corrected chi connectivity index (χ2v) is 4.91. The van der Waals surface area contributed by atoms with Crippen LogP contribution in [0.2, 0.25) is 0 Å². The summed E-state index contributed by atoms with van der Waals surface area (Å²) >= 11 is 5.63. The van der Waals surface area contributed by atoms with Crippen LogP contribution in [0.25, 0.3) is 0 Å². The first kappa shape index (κ1) is 11.9. The molecule has 2 rings (SSSR count). The van der Waals surface area contributed by atoms with E-state index in [0.717, 1.165) is 25.4 Å². The van der Waals surface area contributed by atoms with E-state index >= 15 is 0 Å². The number of aryl methyl sites for hydroxylation is 2. The lowest BCUT2D eigenvalue weighted by Gasteiger charge is -2.06. The van der Waals surface area contributed by atoms with Crippen molar-refractivity contribution in [2.75, 3.05) is 12.4 Å². The van der Waals surface area contributed by atoms with E-state index in [9.17, 15) is 0 Å². The molecular weight excluding hydrogens is 218 g/mol. The molecule has 0 unspecified atom stereocenters. The molecule has 0 saturated carbocycles. The quantitative estimate of drug-likeness (QED) is 0.592. The van der Waals surface area contributed by atoms with Crippen molar-refractivity contribution in [1.82, 2.24) is 5.32 Å². The largest absolute Gasteiger partial charge is 0.313 e. The number of nitrogens with one attached hydrogen (secondary N) is 1. The van der Waals surface area contributed by atoms with Gasteiger partial charge in [-0.3, -0.25) is 0 Å². The number of halogens is 1. The van der Waals surface area contributed by atoms with Gasteiger partial charge >= 0.3 is 0 Å². The Balaban J connectivity index is 1.77. The zero-order chi connectivity index (χ0) is 11.2.